The minimum atomic E-state index is 0.0378. The van der Waals surface area contributed by atoms with E-state index in [0.717, 1.165) is 57.3 Å². The van der Waals surface area contributed by atoms with Gasteiger partial charge >= 0.3 is 0 Å². The molecule has 5 rings (SSSR count). The maximum atomic E-state index is 13.6. The minimum absolute atomic E-state index is 0.0378. The van der Waals surface area contributed by atoms with Crippen LogP contribution < -0.4 is 9.64 Å². The van der Waals surface area contributed by atoms with Crippen LogP contribution in [0, 0.1) is 17.2 Å². The molecule has 2 aromatic rings. The second kappa shape index (κ2) is 13.7. The minimum Gasteiger partial charge on any atom is -0.490 e. The first-order chi connectivity index (χ1) is 20.3. The van der Waals surface area contributed by atoms with Crippen LogP contribution >= 0.6 is 11.6 Å². The number of benzene rings is 2. The fourth-order valence-corrected chi connectivity index (χ4v) is 7.31. The third kappa shape index (κ3) is 6.72. The third-order valence-electron chi connectivity index (χ3n) is 9.82. The molecular weight excluding hydrogens is 548 g/mol. The van der Waals surface area contributed by atoms with Crippen molar-refractivity contribution in [2.45, 2.75) is 96.2 Å². The maximum absolute atomic E-state index is 13.6. The Morgan fingerprint density at radius 2 is 1.74 bits per heavy atom. The molecule has 0 radical (unpaired) electrons. The summed E-state index contributed by atoms with van der Waals surface area (Å²) in [6, 6.07) is 16.4. The van der Waals surface area contributed by atoms with Crippen LogP contribution in [0.15, 0.2) is 42.5 Å². The fraction of sp³-hybridized carbons (Fsp3) is 0.588. The topological polar surface area (TPSA) is 69.0 Å². The van der Waals surface area contributed by atoms with E-state index in [1.807, 2.05) is 12.1 Å². The van der Waals surface area contributed by atoms with E-state index in [1.165, 1.54) is 18.5 Å². The Morgan fingerprint density at radius 3 is 2.31 bits per heavy atom. The molecule has 4 atom stereocenters. The van der Waals surface area contributed by atoms with Crippen LogP contribution in [0.4, 0.5) is 5.69 Å². The number of anilines is 1. The lowest BCUT2D eigenvalue weighted by atomic mass is 9.94. The number of fused-ring (bicyclic) bond motifs is 2. The monoisotopic (exact) mass is 592 g/mol. The highest BCUT2D eigenvalue weighted by molar-refractivity contribution is 6.31. The van der Waals surface area contributed by atoms with Crippen LogP contribution in [0.3, 0.4) is 0 Å². The first-order valence-electron chi connectivity index (χ1n) is 15.6. The zero-order chi connectivity index (χ0) is 29.8. The van der Waals surface area contributed by atoms with E-state index in [1.54, 1.807) is 25.3 Å². The highest BCUT2D eigenvalue weighted by Crippen LogP contribution is 2.39. The summed E-state index contributed by atoms with van der Waals surface area (Å²) in [5, 5.41) is 9.53. The molecule has 3 aliphatic heterocycles. The lowest BCUT2D eigenvalue weighted by molar-refractivity contribution is -0.0494. The largest absolute Gasteiger partial charge is 0.490 e. The van der Waals surface area contributed by atoms with E-state index in [0.29, 0.717) is 28.3 Å². The lowest BCUT2D eigenvalue weighted by Crippen LogP contribution is -2.49. The Hall–Kier alpha value is -2.79. The van der Waals surface area contributed by atoms with Crippen molar-refractivity contribution in [2.75, 3.05) is 31.6 Å². The Bertz CT molecular complexity index is 1230. The van der Waals surface area contributed by atoms with E-state index in [4.69, 9.17) is 26.3 Å². The fourth-order valence-electron chi connectivity index (χ4n) is 7.10. The number of rotatable bonds is 10. The van der Waals surface area contributed by atoms with Gasteiger partial charge in [-0.2, -0.15) is 5.26 Å². The van der Waals surface area contributed by atoms with E-state index < -0.39 is 0 Å². The van der Waals surface area contributed by atoms with Gasteiger partial charge < -0.3 is 19.3 Å². The van der Waals surface area contributed by atoms with Crippen molar-refractivity contribution in [3.63, 3.8) is 0 Å². The Balaban J connectivity index is 1.14. The van der Waals surface area contributed by atoms with Crippen LogP contribution in [0.2, 0.25) is 5.02 Å². The van der Waals surface area contributed by atoms with Crippen molar-refractivity contribution in [1.82, 2.24) is 9.80 Å². The molecule has 0 aliphatic carbocycles. The number of carbonyl (C=O) groups excluding carboxylic acids is 1. The molecule has 0 aromatic heterocycles. The number of amides is 1. The number of carbonyl (C=O) groups is 1. The predicted octanol–water partition coefficient (Wildman–Crippen LogP) is 6.74. The van der Waals surface area contributed by atoms with Crippen molar-refractivity contribution in [1.29, 1.82) is 5.26 Å². The van der Waals surface area contributed by atoms with Crippen molar-refractivity contribution in [3.8, 4) is 11.8 Å². The van der Waals surface area contributed by atoms with Crippen molar-refractivity contribution >= 4 is 23.2 Å². The first-order valence-corrected chi connectivity index (χ1v) is 16.0. The standard InChI is InChI=1S/C34H45ClN4O3/c1-5-23(2)38(24(3)41-4)22-25-14-16-37(17-15-25)28-9-6-26(7-10-28)34(40)39-29-11-12-30(39)19-32(18-29)42-31-13-8-27(21-36)33(35)20-31/h6-10,13,20,23-25,29-30,32H,5,11-12,14-19,22H2,1-4H3. The second-order valence-electron chi connectivity index (χ2n) is 12.3. The second-order valence-corrected chi connectivity index (χ2v) is 12.7. The number of halogens is 1. The van der Waals surface area contributed by atoms with E-state index in [-0.39, 0.29) is 30.3 Å². The molecule has 7 nitrogen and oxygen atoms in total. The molecule has 8 heteroatoms. The molecule has 4 unspecified atom stereocenters. The molecule has 0 N–H and O–H groups in total. The third-order valence-corrected chi connectivity index (χ3v) is 10.1. The first kappa shape index (κ1) is 30.7. The van der Waals surface area contributed by atoms with Crippen LogP contribution in [0.25, 0.3) is 0 Å². The summed E-state index contributed by atoms with van der Waals surface area (Å²) in [6.07, 6.45) is 7.27. The van der Waals surface area contributed by atoms with Crippen molar-refractivity contribution in [3.05, 3.63) is 58.6 Å². The van der Waals surface area contributed by atoms with Gasteiger partial charge in [-0.1, -0.05) is 18.5 Å². The quantitative estimate of drug-likeness (QED) is 0.285. The van der Waals surface area contributed by atoms with E-state index in [2.05, 4.69) is 53.7 Å². The van der Waals surface area contributed by atoms with Gasteiger partial charge in [0.25, 0.3) is 5.91 Å². The molecule has 2 aromatic carbocycles. The Labute approximate surface area is 256 Å². The molecule has 3 fully saturated rings. The van der Waals surface area contributed by atoms with Crippen LogP contribution in [-0.2, 0) is 4.74 Å². The number of piperidine rings is 2. The summed E-state index contributed by atoms with van der Waals surface area (Å²) in [6.45, 7) is 9.85. The zero-order valence-electron chi connectivity index (χ0n) is 25.5. The SMILES string of the molecule is CCC(C)N(CC1CCN(c2ccc(C(=O)N3C4CCC3CC(Oc3ccc(C#N)c(Cl)c3)C4)cc2)CC1)C(C)OC. The van der Waals surface area contributed by atoms with Crippen molar-refractivity contribution in [2.24, 2.45) is 5.92 Å². The normalized spacial score (nSPS) is 24.0. The van der Waals surface area contributed by atoms with Gasteiger partial charge in [0.05, 0.1) is 10.6 Å². The van der Waals surface area contributed by atoms with Gasteiger partial charge in [-0.15, -0.1) is 0 Å². The summed E-state index contributed by atoms with van der Waals surface area (Å²) in [5.74, 6) is 1.48. The van der Waals surface area contributed by atoms with Gasteiger partial charge in [-0.3, -0.25) is 9.69 Å². The number of nitrogens with zero attached hydrogens (tertiary/aromatic N) is 4. The highest BCUT2D eigenvalue weighted by Gasteiger charge is 2.44. The molecule has 3 aliphatic rings. The summed E-state index contributed by atoms with van der Waals surface area (Å²) >= 11 is 6.20. The molecule has 1 amide bonds. The van der Waals surface area contributed by atoms with Gasteiger partial charge in [0.1, 0.15) is 24.2 Å². The van der Waals surface area contributed by atoms with Crippen LogP contribution in [0.1, 0.15) is 81.6 Å². The molecule has 2 bridgehead atoms. The number of hydrogen-bond donors (Lipinski definition) is 0. The average Bonchev–Trinajstić information content (AvgIpc) is 3.28. The molecular formula is C34H45ClN4O3. The lowest BCUT2D eigenvalue weighted by Gasteiger charge is -2.40. The molecule has 3 heterocycles. The van der Waals surface area contributed by atoms with Gasteiger partial charge in [0, 0.05) is 75.0 Å². The number of methoxy groups -OCH3 is 1. The molecule has 0 saturated carbocycles. The summed E-state index contributed by atoms with van der Waals surface area (Å²) in [4.78, 5) is 20.7. The average molecular weight is 593 g/mol. The van der Waals surface area contributed by atoms with E-state index in [9.17, 15) is 4.79 Å². The summed E-state index contributed by atoms with van der Waals surface area (Å²) in [7, 11) is 1.80. The van der Waals surface area contributed by atoms with Crippen molar-refractivity contribution < 1.29 is 14.3 Å². The number of hydrogen-bond acceptors (Lipinski definition) is 6. The van der Waals surface area contributed by atoms with Crippen LogP contribution in [-0.4, -0.2) is 72.9 Å². The zero-order valence-corrected chi connectivity index (χ0v) is 26.2. The Morgan fingerprint density at radius 1 is 1.07 bits per heavy atom. The highest BCUT2D eigenvalue weighted by atomic mass is 35.5. The maximum Gasteiger partial charge on any atom is 0.254 e. The molecule has 3 saturated heterocycles. The summed E-state index contributed by atoms with van der Waals surface area (Å²) in [5.41, 5.74) is 2.41. The van der Waals surface area contributed by atoms with Gasteiger partial charge in [0.2, 0.25) is 0 Å². The predicted molar refractivity (Wildman–Crippen MR) is 167 cm³/mol. The summed E-state index contributed by atoms with van der Waals surface area (Å²) < 4.78 is 11.9. The van der Waals surface area contributed by atoms with Crippen LogP contribution in [0.5, 0.6) is 5.75 Å². The van der Waals surface area contributed by atoms with Gasteiger partial charge in [-0.05, 0) is 88.3 Å². The van der Waals surface area contributed by atoms with E-state index >= 15 is 0 Å². The smallest absolute Gasteiger partial charge is 0.254 e. The molecule has 226 valence electrons. The number of ether oxygens (including phenoxy) is 2. The van der Waals surface area contributed by atoms with Gasteiger partial charge in [-0.25, -0.2) is 0 Å². The Kier molecular flexibility index (Phi) is 9.98. The molecule has 42 heavy (non-hydrogen) atoms. The van der Waals surface area contributed by atoms with Gasteiger partial charge in [0.15, 0.2) is 0 Å². The molecule has 0 spiro atoms. The number of nitriles is 1.